The van der Waals surface area contributed by atoms with Crippen LogP contribution in [0.4, 0.5) is 8.78 Å². The molecule has 0 aliphatic heterocycles. The summed E-state index contributed by atoms with van der Waals surface area (Å²) in [4.78, 5) is 2.18. The van der Waals surface area contributed by atoms with E-state index in [1.807, 2.05) is 27.7 Å². The molecule has 2 atom stereocenters. The van der Waals surface area contributed by atoms with Gasteiger partial charge in [0.15, 0.2) is 0 Å². The zero-order valence-corrected chi connectivity index (χ0v) is 13.6. The van der Waals surface area contributed by atoms with Gasteiger partial charge in [0.05, 0.1) is 6.04 Å². The van der Waals surface area contributed by atoms with E-state index in [-0.39, 0.29) is 5.56 Å². The van der Waals surface area contributed by atoms with E-state index in [0.717, 1.165) is 19.5 Å². The van der Waals surface area contributed by atoms with Crippen molar-refractivity contribution >= 4 is 0 Å². The molecule has 0 amide bonds. The molecule has 0 bridgehead atoms. The molecule has 3 nitrogen and oxygen atoms in total. The number of nitrogens with zero attached hydrogens (tertiary/aromatic N) is 1. The van der Waals surface area contributed by atoms with E-state index in [1.54, 1.807) is 6.92 Å². The molecule has 1 aromatic carbocycles. The minimum atomic E-state index is -0.623. The normalized spacial score (nSPS) is 16.0. The average Bonchev–Trinajstić information content (AvgIpc) is 2.48. The number of rotatable bonds is 7. The first-order chi connectivity index (χ1) is 9.87. The fourth-order valence-corrected chi connectivity index (χ4v) is 3.07. The molecule has 0 fully saturated rings. The van der Waals surface area contributed by atoms with Crippen LogP contribution in [-0.2, 0) is 0 Å². The maximum atomic E-state index is 14.5. The monoisotopic (exact) mass is 299 g/mol. The highest BCUT2D eigenvalue weighted by atomic mass is 19.1. The summed E-state index contributed by atoms with van der Waals surface area (Å²) in [7, 11) is 0. The Bertz CT molecular complexity index is 475. The van der Waals surface area contributed by atoms with Gasteiger partial charge >= 0.3 is 0 Å². The molecular formula is C16H27F2N3. The van der Waals surface area contributed by atoms with E-state index in [2.05, 4.69) is 10.3 Å². The molecule has 1 rings (SSSR count). The smallest absolute Gasteiger partial charge is 0.133 e. The molecule has 120 valence electrons. The molecule has 0 spiro atoms. The van der Waals surface area contributed by atoms with Crippen LogP contribution in [0.2, 0.25) is 0 Å². The minimum Gasteiger partial charge on any atom is -0.297 e. The first-order valence-corrected chi connectivity index (χ1v) is 7.52. The molecule has 0 aliphatic carbocycles. The van der Waals surface area contributed by atoms with Crippen molar-refractivity contribution in [2.24, 2.45) is 5.84 Å². The SMILES string of the molecule is CCN(CC)C(C)(CC)C(NN)c1c(F)ccc(C)c1F. The maximum absolute atomic E-state index is 14.5. The second-order valence-corrected chi connectivity index (χ2v) is 5.57. The van der Waals surface area contributed by atoms with Crippen molar-refractivity contribution < 1.29 is 8.78 Å². The fourth-order valence-electron chi connectivity index (χ4n) is 3.07. The lowest BCUT2D eigenvalue weighted by molar-refractivity contribution is 0.0669. The molecule has 3 N–H and O–H groups in total. The predicted octanol–water partition coefficient (Wildman–Crippen LogP) is 3.29. The van der Waals surface area contributed by atoms with Crippen LogP contribution in [0.3, 0.4) is 0 Å². The van der Waals surface area contributed by atoms with Crippen LogP contribution < -0.4 is 11.3 Å². The van der Waals surface area contributed by atoms with Crippen molar-refractivity contribution in [1.29, 1.82) is 0 Å². The Balaban J connectivity index is 3.45. The third-order valence-corrected chi connectivity index (χ3v) is 4.60. The Morgan fingerprint density at radius 1 is 1.24 bits per heavy atom. The highest BCUT2D eigenvalue weighted by Gasteiger charge is 2.40. The summed E-state index contributed by atoms with van der Waals surface area (Å²) in [6, 6.07) is 2.13. The number of halogens is 2. The van der Waals surface area contributed by atoms with Crippen LogP contribution in [0.1, 0.15) is 51.3 Å². The zero-order chi connectivity index (χ0) is 16.2. The van der Waals surface area contributed by atoms with Gasteiger partial charge in [-0.3, -0.25) is 16.2 Å². The van der Waals surface area contributed by atoms with E-state index >= 15 is 0 Å². The molecule has 5 heteroatoms. The molecule has 21 heavy (non-hydrogen) atoms. The van der Waals surface area contributed by atoms with Gasteiger partial charge in [-0.05, 0) is 45.0 Å². The number of likely N-dealkylation sites (N-methyl/N-ethyl adjacent to an activating group) is 1. The lowest BCUT2D eigenvalue weighted by atomic mass is 9.82. The number of nitrogens with two attached hydrogens (primary N) is 1. The Hall–Kier alpha value is -1.04. The third-order valence-electron chi connectivity index (χ3n) is 4.60. The van der Waals surface area contributed by atoms with Gasteiger partial charge in [-0.2, -0.15) is 0 Å². The zero-order valence-electron chi connectivity index (χ0n) is 13.6. The Morgan fingerprint density at radius 3 is 2.24 bits per heavy atom. The molecule has 0 aromatic heterocycles. The summed E-state index contributed by atoms with van der Waals surface area (Å²) in [5.74, 6) is 4.61. The number of aryl methyl sites for hydroxylation is 1. The Kier molecular flexibility index (Phi) is 6.25. The lowest BCUT2D eigenvalue weighted by Crippen LogP contribution is -2.56. The van der Waals surface area contributed by atoms with Gasteiger partial charge in [-0.25, -0.2) is 8.78 Å². The molecule has 1 aromatic rings. The predicted molar refractivity (Wildman–Crippen MR) is 82.8 cm³/mol. The summed E-state index contributed by atoms with van der Waals surface area (Å²) in [5.41, 5.74) is 2.61. The van der Waals surface area contributed by atoms with Crippen LogP contribution in [0.25, 0.3) is 0 Å². The standard InChI is InChI=1S/C16H27F2N3/c1-6-16(5,21(7-2)8-3)15(20-19)13-12(17)10-9-11(4)14(13)18/h9-10,15,20H,6-8,19H2,1-5H3. The van der Waals surface area contributed by atoms with E-state index in [1.165, 1.54) is 12.1 Å². The number of hydrazine groups is 1. The molecule has 0 saturated heterocycles. The molecule has 0 aliphatic rings. The Labute approximate surface area is 126 Å². The number of nitrogens with one attached hydrogen (secondary N) is 1. The van der Waals surface area contributed by atoms with E-state index in [0.29, 0.717) is 5.56 Å². The lowest BCUT2D eigenvalue weighted by Gasteiger charge is -2.45. The number of benzene rings is 1. The number of hydrogen-bond donors (Lipinski definition) is 2. The third kappa shape index (κ3) is 3.25. The van der Waals surface area contributed by atoms with Gasteiger partial charge in [0.2, 0.25) is 0 Å². The molecule has 0 radical (unpaired) electrons. The van der Waals surface area contributed by atoms with Crippen molar-refractivity contribution in [1.82, 2.24) is 10.3 Å². The van der Waals surface area contributed by atoms with Gasteiger partial charge in [0, 0.05) is 11.1 Å². The fraction of sp³-hybridized carbons (Fsp3) is 0.625. The van der Waals surface area contributed by atoms with Crippen LogP contribution >= 0.6 is 0 Å². The molecule has 2 unspecified atom stereocenters. The van der Waals surface area contributed by atoms with Crippen LogP contribution in [0, 0.1) is 18.6 Å². The van der Waals surface area contributed by atoms with E-state index in [9.17, 15) is 8.78 Å². The average molecular weight is 299 g/mol. The Morgan fingerprint density at radius 2 is 1.81 bits per heavy atom. The van der Waals surface area contributed by atoms with Gasteiger partial charge in [0.25, 0.3) is 0 Å². The summed E-state index contributed by atoms with van der Waals surface area (Å²) >= 11 is 0. The van der Waals surface area contributed by atoms with Crippen molar-refractivity contribution in [3.63, 3.8) is 0 Å². The van der Waals surface area contributed by atoms with Crippen molar-refractivity contribution in [3.8, 4) is 0 Å². The van der Waals surface area contributed by atoms with Crippen LogP contribution in [0.15, 0.2) is 12.1 Å². The van der Waals surface area contributed by atoms with Gasteiger partial charge in [-0.1, -0.05) is 26.8 Å². The quantitative estimate of drug-likeness (QED) is 0.599. The first-order valence-electron chi connectivity index (χ1n) is 7.52. The topological polar surface area (TPSA) is 41.3 Å². The minimum absolute atomic E-state index is 0.0220. The van der Waals surface area contributed by atoms with Crippen molar-refractivity contribution in [2.45, 2.75) is 52.6 Å². The van der Waals surface area contributed by atoms with Crippen LogP contribution in [0.5, 0.6) is 0 Å². The van der Waals surface area contributed by atoms with Gasteiger partial charge in [-0.15, -0.1) is 0 Å². The summed E-state index contributed by atoms with van der Waals surface area (Å²) in [5, 5.41) is 0. The number of hydrogen-bond acceptors (Lipinski definition) is 3. The highest BCUT2D eigenvalue weighted by Crippen LogP contribution is 2.36. The molecule has 0 heterocycles. The highest BCUT2D eigenvalue weighted by molar-refractivity contribution is 5.31. The van der Waals surface area contributed by atoms with E-state index < -0.39 is 23.2 Å². The van der Waals surface area contributed by atoms with Crippen molar-refractivity contribution in [2.75, 3.05) is 13.1 Å². The van der Waals surface area contributed by atoms with E-state index in [4.69, 9.17) is 5.84 Å². The van der Waals surface area contributed by atoms with Crippen LogP contribution in [-0.4, -0.2) is 23.5 Å². The summed E-state index contributed by atoms with van der Waals surface area (Å²) in [6.45, 7) is 11.3. The summed E-state index contributed by atoms with van der Waals surface area (Å²) < 4.78 is 28.7. The second-order valence-electron chi connectivity index (χ2n) is 5.57. The molecule has 0 saturated carbocycles. The summed E-state index contributed by atoms with van der Waals surface area (Å²) in [6.07, 6.45) is 0.719. The second kappa shape index (κ2) is 7.29. The largest absolute Gasteiger partial charge is 0.297 e. The maximum Gasteiger partial charge on any atom is 0.133 e. The van der Waals surface area contributed by atoms with Gasteiger partial charge < -0.3 is 0 Å². The van der Waals surface area contributed by atoms with Crippen molar-refractivity contribution in [3.05, 3.63) is 34.9 Å². The van der Waals surface area contributed by atoms with Gasteiger partial charge in [0.1, 0.15) is 11.6 Å². The molecular weight excluding hydrogens is 272 g/mol. The first kappa shape index (κ1) is 18.0.